The number of para-hydroxylation sites is 1. The Morgan fingerprint density at radius 2 is 1.89 bits per heavy atom. The Kier molecular flexibility index (Phi) is 7.45. The predicted octanol–water partition coefficient (Wildman–Crippen LogP) is 2.92. The van der Waals surface area contributed by atoms with E-state index in [-0.39, 0.29) is 31.5 Å². The van der Waals surface area contributed by atoms with Crippen LogP contribution in [-0.4, -0.2) is 33.2 Å². The van der Waals surface area contributed by atoms with Crippen LogP contribution in [0.5, 0.6) is 0 Å². The van der Waals surface area contributed by atoms with Crippen molar-refractivity contribution in [3.8, 4) is 11.4 Å². The minimum atomic E-state index is -0.740. The molecule has 0 spiro atoms. The molecule has 6 nitrogen and oxygen atoms in total. The van der Waals surface area contributed by atoms with Gasteiger partial charge in [-0.1, -0.05) is 17.3 Å². The van der Waals surface area contributed by atoms with Gasteiger partial charge in [-0.25, -0.2) is 4.98 Å². The fourth-order valence-corrected chi connectivity index (χ4v) is 2.00. The molecule has 9 heteroatoms. The summed E-state index contributed by atoms with van der Waals surface area (Å²) in [5.74, 6) is -1.28. The van der Waals surface area contributed by atoms with E-state index in [1.807, 2.05) is 42.9 Å². The first-order valence-corrected chi connectivity index (χ1v) is 7.49. The van der Waals surface area contributed by atoms with E-state index in [1.54, 1.807) is 11.3 Å². The fourth-order valence-electron chi connectivity index (χ4n) is 2.00. The summed E-state index contributed by atoms with van der Waals surface area (Å²) in [7, 11) is 1.94. The van der Waals surface area contributed by atoms with Crippen LogP contribution in [0.2, 0.25) is 0 Å². The number of halogens is 2. The van der Waals surface area contributed by atoms with E-state index in [4.69, 9.17) is 0 Å². The number of benzene rings is 2. The molecule has 0 fully saturated rings. The normalized spacial score (nSPS) is 12.3. The first-order chi connectivity index (χ1) is 12.6. The van der Waals surface area contributed by atoms with Crippen LogP contribution in [0.25, 0.3) is 11.4 Å². The van der Waals surface area contributed by atoms with Crippen LogP contribution in [0.15, 0.2) is 54.2 Å². The molecule has 1 aromatic heterocycles. The van der Waals surface area contributed by atoms with E-state index in [2.05, 4.69) is 32.2 Å². The zero-order valence-corrected chi connectivity index (χ0v) is 16.4. The maximum absolute atomic E-state index is 13.2. The van der Waals surface area contributed by atoms with Crippen LogP contribution in [-0.2, 0) is 20.1 Å². The zero-order valence-electron chi connectivity index (χ0n) is 14.0. The van der Waals surface area contributed by atoms with Gasteiger partial charge >= 0.3 is 20.1 Å². The van der Waals surface area contributed by atoms with E-state index >= 15 is 0 Å². The molecule has 2 heterocycles. The third-order valence-electron chi connectivity index (χ3n) is 3.16. The van der Waals surface area contributed by atoms with Crippen LogP contribution in [0.1, 0.15) is 0 Å². The maximum atomic E-state index is 13.2. The Hall–Kier alpha value is -2.77. The second-order valence-corrected chi connectivity index (χ2v) is 5.11. The summed E-state index contributed by atoms with van der Waals surface area (Å²) in [6.45, 7) is 1.89. The smallest absolute Gasteiger partial charge is 0.493 e. The summed E-state index contributed by atoms with van der Waals surface area (Å²) < 4.78 is 25.7. The van der Waals surface area contributed by atoms with Gasteiger partial charge in [-0.3, -0.25) is 18.7 Å². The number of aromatic nitrogens is 3. The molecule has 1 aliphatic rings. The average molecular weight is 544 g/mol. The molecular formula is C18H13F2IrN6. The largest absolute Gasteiger partial charge is 3.00 e. The molecule has 0 bridgehead atoms. The van der Waals surface area contributed by atoms with Crippen LogP contribution in [0, 0.1) is 30.4 Å². The Morgan fingerprint density at radius 1 is 1.11 bits per heavy atom. The quantitative estimate of drug-likeness (QED) is 0.466. The van der Waals surface area contributed by atoms with Crippen molar-refractivity contribution in [2.75, 3.05) is 12.1 Å². The van der Waals surface area contributed by atoms with Crippen molar-refractivity contribution in [3.63, 3.8) is 0 Å². The maximum Gasteiger partial charge on any atom is 3.00 e. The number of hydrogen-bond acceptors (Lipinski definition) is 6. The van der Waals surface area contributed by atoms with Gasteiger partial charge in [0, 0.05) is 11.6 Å². The first-order valence-electron chi connectivity index (χ1n) is 7.49. The van der Waals surface area contributed by atoms with Crippen LogP contribution in [0.3, 0.4) is 0 Å². The Labute approximate surface area is 168 Å². The molecule has 3 aromatic rings. The Bertz CT molecular complexity index is 880. The second kappa shape index (κ2) is 9.80. The SMILES string of the molecule is CN1C=NN(c2[c-]cccc2)[CH-]1.Fc1c[c-]c(-c2ncncn2)c(F)c1.[Ir+3]. The number of rotatable bonds is 2. The molecule has 2 aromatic carbocycles. The van der Waals surface area contributed by atoms with Gasteiger partial charge in [0.2, 0.25) is 0 Å². The van der Waals surface area contributed by atoms with Crippen molar-refractivity contribution >= 4 is 12.0 Å². The summed E-state index contributed by atoms with van der Waals surface area (Å²) in [5, 5.41) is 5.91. The molecule has 0 unspecified atom stereocenters. The molecule has 27 heavy (non-hydrogen) atoms. The Balaban J connectivity index is 0.000000189. The monoisotopic (exact) mass is 544 g/mol. The standard InChI is InChI=1S/C9H4F2N3.C9H9N3.Ir/c10-6-1-2-7(8(11)3-6)9-13-4-12-5-14-9;1-11-7-10-12(8-11)9-5-3-2-4-6-9;/h1,3-5H;2-5,7-8H,1H3;/q-1;-2;+3. The van der Waals surface area contributed by atoms with Gasteiger partial charge in [0.1, 0.15) is 12.7 Å². The molecule has 0 atom stereocenters. The topological polar surface area (TPSA) is 57.5 Å². The first kappa shape index (κ1) is 20.5. The van der Waals surface area contributed by atoms with Crippen molar-refractivity contribution in [2.45, 2.75) is 0 Å². The van der Waals surface area contributed by atoms with E-state index in [0.29, 0.717) is 0 Å². The van der Waals surface area contributed by atoms with Gasteiger partial charge in [-0.2, -0.15) is 29.4 Å². The van der Waals surface area contributed by atoms with E-state index in [9.17, 15) is 8.78 Å². The third kappa shape index (κ3) is 5.60. The van der Waals surface area contributed by atoms with Crippen molar-refractivity contribution in [1.82, 2.24) is 19.9 Å². The molecule has 0 radical (unpaired) electrons. The molecule has 0 saturated heterocycles. The molecule has 0 N–H and O–H groups in total. The van der Waals surface area contributed by atoms with Crippen LogP contribution >= 0.6 is 0 Å². The zero-order chi connectivity index (χ0) is 18.4. The minimum Gasteiger partial charge on any atom is -0.493 e. The Morgan fingerprint density at radius 3 is 2.48 bits per heavy atom. The summed E-state index contributed by atoms with van der Waals surface area (Å²) >= 11 is 0. The van der Waals surface area contributed by atoms with Crippen molar-refractivity contribution in [2.24, 2.45) is 5.10 Å². The number of nitrogens with zero attached hydrogens (tertiary/aromatic N) is 6. The van der Waals surface area contributed by atoms with Gasteiger partial charge in [0.05, 0.1) is 12.2 Å². The molecule has 0 aliphatic carbocycles. The van der Waals surface area contributed by atoms with Gasteiger partial charge < -0.3 is 9.91 Å². The second-order valence-electron chi connectivity index (χ2n) is 5.11. The fraction of sp³-hybridized carbons (Fsp3) is 0.0556. The molecular weight excluding hydrogens is 530 g/mol. The summed E-state index contributed by atoms with van der Waals surface area (Å²) in [6, 6.07) is 15.0. The van der Waals surface area contributed by atoms with Crippen LogP contribution < -0.4 is 5.01 Å². The molecule has 0 amide bonds. The average Bonchev–Trinajstić information content (AvgIpc) is 3.10. The summed E-state index contributed by atoms with van der Waals surface area (Å²) in [4.78, 5) is 12.9. The number of hydrogen-bond donors (Lipinski definition) is 0. The van der Waals surface area contributed by atoms with Crippen molar-refractivity contribution < 1.29 is 28.9 Å². The van der Waals surface area contributed by atoms with Gasteiger partial charge in [0.15, 0.2) is 0 Å². The van der Waals surface area contributed by atoms with Gasteiger partial charge in [-0.15, -0.1) is 24.9 Å². The van der Waals surface area contributed by atoms with Crippen molar-refractivity contribution in [3.05, 3.63) is 79.5 Å². The van der Waals surface area contributed by atoms with Gasteiger partial charge in [0.25, 0.3) is 0 Å². The van der Waals surface area contributed by atoms with Crippen molar-refractivity contribution in [1.29, 1.82) is 0 Å². The molecule has 1 aliphatic heterocycles. The predicted molar refractivity (Wildman–Crippen MR) is 92.3 cm³/mol. The van der Waals surface area contributed by atoms with Crippen LogP contribution in [0.4, 0.5) is 14.5 Å². The number of hydrazone groups is 1. The minimum absolute atomic E-state index is 0. The summed E-state index contributed by atoms with van der Waals surface area (Å²) in [5.41, 5.74) is 0.993. The van der Waals surface area contributed by atoms with E-state index in [1.165, 1.54) is 12.7 Å². The van der Waals surface area contributed by atoms with E-state index in [0.717, 1.165) is 17.8 Å². The summed E-state index contributed by atoms with van der Waals surface area (Å²) in [6.07, 6.45) is 4.22. The molecule has 4 rings (SSSR count). The number of anilines is 1. The molecule has 0 saturated carbocycles. The molecule has 138 valence electrons. The van der Waals surface area contributed by atoms with Gasteiger partial charge in [-0.05, 0) is 7.05 Å². The third-order valence-corrected chi connectivity index (χ3v) is 3.16. The van der Waals surface area contributed by atoms with E-state index < -0.39 is 11.6 Å².